The number of rotatable bonds is 6. The molecule has 0 aliphatic carbocycles. The van der Waals surface area contributed by atoms with Crippen molar-refractivity contribution in [2.75, 3.05) is 19.0 Å². The van der Waals surface area contributed by atoms with Crippen molar-refractivity contribution in [1.29, 1.82) is 0 Å². The SMILES string of the molecule is COc1ccc(C=NNC(=O)CNc2cccc3ccccc23)cc1Cl. The van der Waals surface area contributed by atoms with Crippen molar-refractivity contribution in [2.24, 2.45) is 5.10 Å². The summed E-state index contributed by atoms with van der Waals surface area (Å²) in [6, 6.07) is 19.2. The van der Waals surface area contributed by atoms with Gasteiger partial charge in [0, 0.05) is 11.1 Å². The largest absolute Gasteiger partial charge is 0.495 e. The van der Waals surface area contributed by atoms with Gasteiger partial charge in [-0.3, -0.25) is 4.79 Å². The van der Waals surface area contributed by atoms with E-state index in [0.29, 0.717) is 10.8 Å². The van der Waals surface area contributed by atoms with Crippen LogP contribution in [0.3, 0.4) is 0 Å². The fourth-order valence-corrected chi connectivity index (χ4v) is 2.80. The van der Waals surface area contributed by atoms with E-state index in [-0.39, 0.29) is 12.5 Å². The van der Waals surface area contributed by atoms with Crippen LogP contribution in [0.15, 0.2) is 65.8 Å². The smallest absolute Gasteiger partial charge is 0.259 e. The average molecular weight is 368 g/mol. The molecule has 0 bridgehead atoms. The normalized spacial score (nSPS) is 10.8. The van der Waals surface area contributed by atoms with Crippen molar-refractivity contribution in [3.63, 3.8) is 0 Å². The highest BCUT2D eigenvalue weighted by atomic mass is 35.5. The van der Waals surface area contributed by atoms with Crippen molar-refractivity contribution in [3.05, 3.63) is 71.2 Å². The van der Waals surface area contributed by atoms with Crippen LogP contribution in [0.1, 0.15) is 5.56 Å². The first-order valence-corrected chi connectivity index (χ1v) is 8.42. The maximum Gasteiger partial charge on any atom is 0.259 e. The monoisotopic (exact) mass is 367 g/mol. The second-order valence-corrected chi connectivity index (χ2v) is 5.97. The Morgan fingerprint density at radius 1 is 1.15 bits per heavy atom. The number of halogens is 1. The van der Waals surface area contributed by atoms with E-state index in [1.54, 1.807) is 25.3 Å². The van der Waals surface area contributed by atoms with Gasteiger partial charge in [0.15, 0.2) is 0 Å². The van der Waals surface area contributed by atoms with Crippen molar-refractivity contribution in [1.82, 2.24) is 5.43 Å². The summed E-state index contributed by atoms with van der Waals surface area (Å²) in [5.74, 6) is 0.348. The first-order valence-electron chi connectivity index (χ1n) is 8.04. The Hall–Kier alpha value is -3.05. The molecule has 0 unspecified atom stereocenters. The molecule has 0 aliphatic rings. The molecule has 1 amide bonds. The van der Waals surface area contributed by atoms with Crippen LogP contribution < -0.4 is 15.5 Å². The molecule has 0 fully saturated rings. The predicted octanol–water partition coefficient (Wildman–Crippen LogP) is 4.06. The minimum atomic E-state index is -0.242. The molecule has 3 rings (SSSR count). The van der Waals surface area contributed by atoms with E-state index in [1.807, 2.05) is 42.5 Å². The summed E-state index contributed by atoms with van der Waals surface area (Å²) in [6.45, 7) is 0.120. The molecule has 0 saturated heterocycles. The maximum absolute atomic E-state index is 12.0. The zero-order chi connectivity index (χ0) is 18.4. The van der Waals surface area contributed by atoms with Crippen LogP contribution in [0.4, 0.5) is 5.69 Å². The lowest BCUT2D eigenvalue weighted by molar-refractivity contribution is -0.119. The van der Waals surface area contributed by atoms with Gasteiger partial charge in [0.25, 0.3) is 5.91 Å². The van der Waals surface area contributed by atoms with Gasteiger partial charge in [-0.25, -0.2) is 5.43 Å². The first-order chi connectivity index (χ1) is 12.7. The molecule has 0 heterocycles. The number of anilines is 1. The van der Waals surface area contributed by atoms with Crippen LogP contribution in [0.2, 0.25) is 5.02 Å². The zero-order valence-corrected chi connectivity index (χ0v) is 15.0. The maximum atomic E-state index is 12.0. The van der Waals surface area contributed by atoms with Crippen LogP contribution in [0.25, 0.3) is 10.8 Å². The highest BCUT2D eigenvalue weighted by molar-refractivity contribution is 6.32. The summed E-state index contributed by atoms with van der Waals surface area (Å²) in [7, 11) is 1.55. The van der Waals surface area contributed by atoms with Crippen LogP contribution in [-0.2, 0) is 4.79 Å². The molecular weight excluding hydrogens is 350 g/mol. The average Bonchev–Trinajstić information content (AvgIpc) is 2.66. The number of fused-ring (bicyclic) bond motifs is 1. The van der Waals surface area contributed by atoms with Gasteiger partial charge in [0.05, 0.1) is 24.9 Å². The third-order valence-corrected chi connectivity index (χ3v) is 4.10. The van der Waals surface area contributed by atoms with E-state index in [1.165, 1.54) is 6.21 Å². The molecule has 132 valence electrons. The summed E-state index contributed by atoms with van der Waals surface area (Å²) in [4.78, 5) is 12.0. The van der Waals surface area contributed by atoms with Gasteiger partial charge in [-0.15, -0.1) is 0 Å². The number of carbonyl (C=O) groups excluding carboxylic acids is 1. The molecule has 2 N–H and O–H groups in total. The number of amides is 1. The molecular formula is C20H18ClN3O2. The summed E-state index contributed by atoms with van der Waals surface area (Å²) in [5, 5.41) is 9.76. The Kier molecular flexibility index (Phi) is 5.71. The highest BCUT2D eigenvalue weighted by Crippen LogP contribution is 2.24. The first kappa shape index (κ1) is 17.8. The van der Waals surface area contributed by atoms with Gasteiger partial charge in [-0.2, -0.15) is 5.10 Å². The summed E-state index contributed by atoms with van der Waals surface area (Å²) >= 11 is 6.05. The molecule has 0 aromatic heterocycles. The number of ether oxygens (including phenoxy) is 1. The van der Waals surface area contributed by atoms with Crippen LogP contribution in [0.5, 0.6) is 5.75 Å². The topological polar surface area (TPSA) is 62.7 Å². The zero-order valence-electron chi connectivity index (χ0n) is 14.2. The predicted molar refractivity (Wildman–Crippen MR) is 106 cm³/mol. The van der Waals surface area contributed by atoms with E-state index in [2.05, 4.69) is 15.8 Å². The van der Waals surface area contributed by atoms with Crippen LogP contribution in [0, 0.1) is 0 Å². The quantitative estimate of drug-likeness (QED) is 0.510. The Labute approximate surface area is 156 Å². The number of nitrogens with one attached hydrogen (secondary N) is 2. The molecule has 3 aromatic rings. The number of hydrazone groups is 1. The lowest BCUT2D eigenvalue weighted by atomic mass is 10.1. The van der Waals surface area contributed by atoms with Crippen molar-refractivity contribution in [3.8, 4) is 5.75 Å². The van der Waals surface area contributed by atoms with Crippen LogP contribution >= 0.6 is 11.6 Å². The Morgan fingerprint density at radius 2 is 1.96 bits per heavy atom. The van der Waals surface area contributed by atoms with Gasteiger partial charge in [0.1, 0.15) is 5.75 Å². The molecule has 0 radical (unpaired) electrons. The third kappa shape index (κ3) is 4.32. The van der Waals surface area contributed by atoms with Crippen LogP contribution in [-0.4, -0.2) is 25.8 Å². The molecule has 5 nitrogen and oxygen atoms in total. The lowest BCUT2D eigenvalue weighted by Crippen LogP contribution is -2.25. The fourth-order valence-electron chi connectivity index (χ4n) is 2.54. The Bertz CT molecular complexity index is 951. The molecule has 0 spiro atoms. The number of methoxy groups -OCH3 is 1. The van der Waals surface area contributed by atoms with E-state index in [0.717, 1.165) is 22.0 Å². The van der Waals surface area contributed by atoms with Crippen molar-refractivity contribution in [2.45, 2.75) is 0 Å². The minimum Gasteiger partial charge on any atom is -0.495 e. The standard InChI is InChI=1S/C20H18ClN3O2/c1-26-19-10-9-14(11-17(19)21)12-23-24-20(25)13-22-18-8-4-6-15-5-2-3-7-16(15)18/h2-12,22H,13H2,1H3,(H,24,25). The second-order valence-electron chi connectivity index (χ2n) is 5.57. The van der Waals surface area contributed by atoms with E-state index >= 15 is 0 Å². The number of carbonyl (C=O) groups is 1. The van der Waals surface area contributed by atoms with Gasteiger partial charge in [0.2, 0.25) is 0 Å². The van der Waals surface area contributed by atoms with Gasteiger partial charge in [-0.05, 0) is 35.2 Å². The number of benzene rings is 3. The molecule has 0 atom stereocenters. The number of nitrogens with zero attached hydrogens (tertiary/aromatic N) is 1. The molecule has 3 aromatic carbocycles. The van der Waals surface area contributed by atoms with E-state index in [4.69, 9.17) is 16.3 Å². The Balaban J connectivity index is 1.56. The number of hydrogen-bond acceptors (Lipinski definition) is 4. The van der Waals surface area contributed by atoms with Gasteiger partial charge >= 0.3 is 0 Å². The highest BCUT2D eigenvalue weighted by Gasteiger charge is 2.03. The van der Waals surface area contributed by atoms with Crippen molar-refractivity contribution < 1.29 is 9.53 Å². The summed E-state index contributed by atoms with van der Waals surface area (Å²) in [6.07, 6.45) is 1.53. The Morgan fingerprint density at radius 3 is 2.77 bits per heavy atom. The summed E-state index contributed by atoms with van der Waals surface area (Å²) < 4.78 is 5.09. The molecule has 26 heavy (non-hydrogen) atoms. The third-order valence-electron chi connectivity index (χ3n) is 3.81. The molecule has 6 heteroatoms. The van der Waals surface area contributed by atoms with Gasteiger partial charge in [-0.1, -0.05) is 48.0 Å². The lowest BCUT2D eigenvalue weighted by Gasteiger charge is -2.08. The summed E-state index contributed by atoms with van der Waals surface area (Å²) in [5.41, 5.74) is 4.16. The molecule has 0 saturated carbocycles. The van der Waals surface area contributed by atoms with E-state index < -0.39 is 0 Å². The number of hydrogen-bond donors (Lipinski definition) is 2. The fraction of sp³-hybridized carbons (Fsp3) is 0.100. The van der Waals surface area contributed by atoms with E-state index in [9.17, 15) is 4.79 Å². The minimum absolute atomic E-state index is 0.120. The van der Waals surface area contributed by atoms with Crippen molar-refractivity contribution >= 4 is 40.2 Å². The molecule has 0 aliphatic heterocycles. The van der Waals surface area contributed by atoms with Gasteiger partial charge < -0.3 is 10.1 Å². The second kappa shape index (κ2) is 8.36.